The Kier molecular flexibility index (Phi) is 4.83. The van der Waals surface area contributed by atoms with E-state index in [0.717, 1.165) is 0 Å². The van der Waals surface area contributed by atoms with Gasteiger partial charge >= 0.3 is 0 Å². The summed E-state index contributed by atoms with van der Waals surface area (Å²) in [4.78, 5) is 0. The second kappa shape index (κ2) is 4.80. The minimum Gasteiger partial charge on any atom is -0.391 e. The molecule has 0 spiro atoms. The van der Waals surface area contributed by atoms with Gasteiger partial charge in [0.1, 0.15) is 0 Å². The smallest absolute Gasteiger partial charge is 0.0716 e. The summed E-state index contributed by atoms with van der Waals surface area (Å²) in [6.07, 6.45) is 3.53. The zero-order valence-electron chi connectivity index (χ0n) is 6.87. The van der Waals surface area contributed by atoms with Crippen LogP contribution >= 0.6 is 11.8 Å². The molecule has 0 aliphatic rings. The largest absolute Gasteiger partial charge is 0.391 e. The maximum atomic E-state index is 9.49. The molecule has 0 saturated heterocycles. The SMILES string of the molecule is C=CC(SC)C(O)C(C)C. The maximum Gasteiger partial charge on any atom is 0.0716 e. The van der Waals surface area contributed by atoms with E-state index in [4.69, 9.17) is 0 Å². The van der Waals surface area contributed by atoms with Crippen LogP contribution < -0.4 is 0 Å². The first kappa shape index (κ1) is 10.0. The molecule has 1 nitrogen and oxygen atoms in total. The van der Waals surface area contributed by atoms with Crippen molar-refractivity contribution in [1.82, 2.24) is 0 Å². The van der Waals surface area contributed by atoms with Gasteiger partial charge in [-0.15, -0.1) is 6.58 Å². The molecule has 2 atom stereocenters. The fourth-order valence-corrected chi connectivity index (χ4v) is 1.54. The van der Waals surface area contributed by atoms with Crippen molar-refractivity contribution in [3.63, 3.8) is 0 Å². The van der Waals surface area contributed by atoms with Crippen LogP contribution in [0, 0.1) is 5.92 Å². The lowest BCUT2D eigenvalue weighted by molar-refractivity contribution is 0.133. The van der Waals surface area contributed by atoms with Gasteiger partial charge in [0.2, 0.25) is 0 Å². The molecule has 10 heavy (non-hydrogen) atoms. The van der Waals surface area contributed by atoms with E-state index >= 15 is 0 Å². The third kappa shape index (κ3) is 2.76. The molecule has 0 aliphatic heterocycles. The lowest BCUT2D eigenvalue weighted by Gasteiger charge is -2.20. The monoisotopic (exact) mass is 160 g/mol. The van der Waals surface area contributed by atoms with E-state index in [9.17, 15) is 5.11 Å². The van der Waals surface area contributed by atoms with Gasteiger partial charge in [0.05, 0.1) is 6.10 Å². The van der Waals surface area contributed by atoms with Crippen molar-refractivity contribution in [2.24, 2.45) is 5.92 Å². The van der Waals surface area contributed by atoms with Crippen molar-refractivity contribution in [1.29, 1.82) is 0 Å². The molecule has 0 radical (unpaired) electrons. The molecule has 0 amide bonds. The number of rotatable bonds is 4. The van der Waals surface area contributed by atoms with Crippen LogP contribution in [0.15, 0.2) is 12.7 Å². The van der Waals surface area contributed by atoms with E-state index in [1.54, 1.807) is 17.8 Å². The Labute approximate surface area is 67.5 Å². The van der Waals surface area contributed by atoms with Gasteiger partial charge in [0, 0.05) is 5.25 Å². The Morgan fingerprint density at radius 2 is 2.00 bits per heavy atom. The zero-order valence-corrected chi connectivity index (χ0v) is 7.69. The highest BCUT2D eigenvalue weighted by Gasteiger charge is 2.17. The van der Waals surface area contributed by atoms with Crippen LogP contribution in [0.5, 0.6) is 0 Å². The number of aliphatic hydroxyl groups is 1. The molecule has 2 unspecified atom stereocenters. The first-order chi connectivity index (χ1) is 4.63. The van der Waals surface area contributed by atoms with Gasteiger partial charge in [-0.2, -0.15) is 11.8 Å². The molecule has 0 heterocycles. The van der Waals surface area contributed by atoms with Gasteiger partial charge in [-0.1, -0.05) is 19.9 Å². The normalized spacial score (nSPS) is 16.9. The molecule has 0 bridgehead atoms. The topological polar surface area (TPSA) is 20.2 Å². The van der Waals surface area contributed by atoms with Gasteiger partial charge < -0.3 is 5.11 Å². The molecule has 0 aromatic heterocycles. The van der Waals surface area contributed by atoms with Crippen LogP contribution in [0.1, 0.15) is 13.8 Å². The van der Waals surface area contributed by atoms with E-state index in [2.05, 4.69) is 6.58 Å². The number of hydrogen-bond donors (Lipinski definition) is 1. The summed E-state index contributed by atoms with van der Waals surface area (Å²) in [7, 11) is 0. The highest BCUT2D eigenvalue weighted by atomic mass is 32.2. The van der Waals surface area contributed by atoms with Gasteiger partial charge in [-0.3, -0.25) is 0 Å². The van der Waals surface area contributed by atoms with Crippen molar-refractivity contribution in [2.45, 2.75) is 25.2 Å². The maximum absolute atomic E-state index is 9.49. The summed E-state index contributed by atoms with van der Waals surface area (Å²) in [6, 6.07) is 0. The molecule has 0 saturated carbocycles. The van der Waals surface area contributed by atoms with Crippen LogP contribution in [0.4, 0.5) is 0 Å². The highest BCUT2D eigenvalue weighted by molar-refractivity contribution is 7.99. The highest BCUT2D eigenvalue weighted by Crippen LogP contribution is 2.17. The Balaban J connectivity index is 3.87. The van der Waals surface area contributed by atoms with Crippen LogP contribution in [-0.2, 0) is 0 Å². The second-order valence-corrected chi connectivity index (χ2v) is 3.69. The molecule has 2 heteroatoms. The van der Waals surface area contributed by atoms with Gasteiger partial charge in [0.15, 0.2) is 0 Å². The van der Waals surface area contributed by atoms with Gasteiger partial charge in [-0.05, 0) is 12.2 Å². The van der Waals surface area contributed by atoms with Gasteiger partial charge in [0.25, 0.3) is 0 Å². The Hall–Kier alpha value is 0.0500. The second-order valence-electron chi connectivity index (χ2n) is 2.67. The van der Waals surface area contributed by atoms with E-state index in [0.29, 0.717) is 5.92 Å². The van der Waals surface area contributed by atoms with Crippen molar-refractivity contribution in [3.8, 4) is 0 Å². The van der Waals surface area contributed by atoms with Crippen molar-refractivity contribution in [2.75, 3.05) is 6.26 Å². The van der Waals surface area contributed by atoms with Crippen molar-refractivity contribution >= 4 is 11.8 Å². The third-order valence-electron chi connectivity index (χ3n) is 1.52. The molecular weight excluding hydrogens is 144 g/mol. The number of aliphatic hydroxyl groups excluding tert-OH is 1. The van der Waals surface area contributed by atoms with Crippen LogP contribution in [0.25, 0.3) is 0 Å². The summed E-state index contributed by atoms with van der Waals surface area (Å²) in [5.41, 5.74) is 0. The minimum absolute atomic E-state index is 0.181. The average molecular weight is 160 g/mol. The first-order valence-corrected chi connectivity index (χ1v) is 4.75. The standard InChI is InChI=1S/C8H16OS/c1-5-7(10-4)8(9)6(2)3/h5-9H,1H2,2-4H3. The Bertz CT molecular complexity index is 101. The van der Waals surface area contributed by atoms with Crippen LogP contribution in [-0.4, -0.2) is 22.7 Å². The van der Waals surface area contributed by atoms with E-state index in [-0.39, 0.29) is 11.4 Å². The fourth-order valence-electron chi connectivity index (χ4n) is 0.754. The summed E-state index contributed by atoms with van der Waals surface area (Å²) < 4.78 is 0. The lowest BCUT2D eigenvalue weighted by Crippen LogP contribution is -2.26. The van der Waals surface area contributed by atoms with Crippen LogP contribution in [0.3, 0.4) is 0 Å². The van der Waals surface area contributed by atoms with Crippen molar-refractivity contribution < 1.29 is 5.11 Å². The predicted octanol–water partition coefficient (Wildman–Crippen LogP) is 1.92. The van der Waals surface area contributed by atoms with E-state index < -0.39 is 0 Å². The molecule has 0 aliphatic carbocycles. The fraction of sp³-hybridized carbons (Fsp3) is 0.750. The Morgan fingerprint density at radius 3 is 2.10 bits per heavy atom. The first-order valence-electron chi connectivity index (χ1n) is 3.47. The predicted molar refractivity (Wildman–Crippen MR) is 48.3 cm³/mol. The lowest BCUT2D eigenvalue weighted by atomic mass is 10.0. The summed E-state index contributed by atoms with van der Waals surface area (Å²) in [6.45, 7) is 7.68. The third-order valence-corrected chi connectivity index (χ3v) is 2.54. The van der Waals surface area contributed by atoms with Crippen LogP contribution in [0.2, 0.25) is 0 Å². The zero-order chi connectivity index (χ0) is 8.15. The molecule has 0 fully saturated rings. The Morgan fingerprint density at radius 1 is 1.50 bits per heavy atom. The number of thioether (sulfide) groups is 1. The summed E-state index contributed by atoms with van der Waals surface area (Å²) in [5, 5.41) is 9.67. The van der Waals surface area contributed by atoms with Gasteiger partial charge in [-0.25, -0.2) is 0 Å². The quantitative estimate of drug-likeness (QED) is 0.634. The van der Waals surface area contributed by atoms with Crippen molar-refractivity contribution in [3.05, 3.63) is 12.7 Å². The molecular formula is C8H16OS. The number of hydrogen-bond acceptors (Lipinski definition) is 2. The van der Waals surface area contributed by atoms with E-state index in [1.165, 1.54) is 0 Å². The molecule has 0 rings (SSSR count). The minimum atomic E-state index is -0.257. The van der Waals surface area contributed by atoms with E-state index in [1.807, 2.05) is 20.1 Å². The summed E-state index contributed by atoms with van der Waals surface area (Å²) >= 11 is 1.64. The molecule has 60 valence electrons. The summed E-state index contributed by atoms with van der Waals surface area (Å²) in [5.74, 6) is 0.315. The molecule has 1 N–H and O–H groups in total. The molecule has 0 aromatic rings. The molecule has 0 aromatic carbocycles. The average Bonchev–Trinajstić information content (AvgIpc) is 1.90.